The van der Waals surface area contributed by atoms with E-state index in [2.05, 4.69) is 15.0 Å². The Morgan fingerprint density at radius 3 is 3.09 bits per heavy atom. The highest BCUT2D eigenvalue weighted by Gasteiger charge is 2.10. The summed E-state index contributed by atoms with van der Waals surface area (Å²) in [5.41, 5.74) is 1.44. The first-order chi connectivity index (χ1) is 5.27. The van der Waals surface area contributed by atoms with Crippen LogP contribution in [-0.4, -0.2) is 9.97 Å². The van der Waals surface area contributed by atoms with Crippen molar-refractivity contribution < 1.29 is 4.98 Å². The van der Waals surface area contributed by atoms with Crippen LogP contribution in [0.15, 0.2) is 12.4 Å². The van der Waals surface area contributed by atoms with Gasteiger partial charge in [-0.05, 0) is 11.6 Å². The van der Waals surface area contributed by atoms with Gasteiger partial charge < -0.3 is 0 Å². The molecule has 3 nitrogen and oxygen atoms in total. The van der Waals surface area contributed by atoms with Crippen molar-refractivity contribution in [1.82, 2.24) is 9.97 Å². The summed E-state index contributed by atoms with van der Waals surface area (Å²) in [7, 11) is 0. The van der Waals surface area contributed by atoms with E-state index in [9.17, 15) is 0 Å². The quantitative estimate of drug-likeness (QED) is 0.629. The lowest BCUT2D eigenvalue weighted by Crippen LogP contribution is -1.96. The van der Waals surface area contributed by atoms with Crippen molar-refractivity contribution in [1.29, 1.82) is 0 Å². The maximum Gasteiger partial charge on any atom is 0.302 e. The van der Waals surface area contributed by atoms with E-state index in [0.717, 1.165) is 5.52 Å². The molecule has 0 atom stereocenters. The van der Waals surface area contributed by atoms with Gasteiger partial charge >= 0.3 is 5.65 Å². The molecule has 56 valence electrons. The monoisotopic (exact) mass is 188 g/mol. The molecule has 0 radical (unpaired) electrons. The van der Waals surface area contributed by atoms with Crippen LogP contribution in [0.4, 0.5) is 0 Å². The van der Waals surface area contributed by atoms with Gasteiger partial charge in [0.25, 0.3) is 0 Å². The summed E-state index contributed by atoms with van der Waals surface area (Å²) in [6.07, 6.45) is 1.65. The number of imidazole rings is 1. The van der Waals surface area contributed by atoms with Gasteiger partial charge in [-0.2, -0.15) is 0 Å². The Hall–Kier alpha value is -0.800. The number of rotatable bonds is 0. The first kappa shape index (κ1) is 6.88. The highest BCUT2D eigenvalue weighted by Crippen LogP contribution is 2.20. The number of nitrogens with one attached hydrogen (secondary N) is 2. The molecule has 0 aliphatic rings. The van der Waals surface area contributed by atoms with Crippen molar-refractivity contribution in [3.05, 3.63) is 22.6 Å². The Morgan fingerprint density at radius 1 is 1.45 bits per heavy atom. The minimum atomic E-state index is 0.387. The third-order valence-electron chi connectivity index (χ3n) is 1.37. The largest absolute Gasteiger partial charge is 0.302 e. The molecule has 11 heavy (non-hydrogen) atoms. The molecule has 0 saturated heterocycles. The maximum atomic E-state index is 5.83. The summed E-state index contributed by atoms with van der Waals surface area (Å²) in [5, 5.41) is 0.958. The molecule has 0 amide bonds. The molecule has 5 heteroatoms. The van der Waals surface area contributed by atoms with Crippen LogP contribution < -0.4 is 4.98 Å². The fourth-order valence-corrected chi connectivity index (χ4v) is 1.40. The summed E-state index contributed by atoms with van der Waals surface area (Å²) in [6, 6.07) is 1.59. The number of hydrogen-bond acceptors (Lipinski definition) is 1. The lowest BCUT2D eigenvalue weighted by Gasteiger charge is -1.85. The van der Waals surface area contributed by atoms with E-state index >= 15 is 0 Å². The fraction of sp³-hybridized carbons (Fsp3) is 0. The average molecular weight is 189 g/mol. The summed E-state index contributed by atoms with van der Waals surface area (Å²) >= 11 is 11.5. The Balaban J connectivity index is 2.91. The van der Waals surface area contributed by atoms with E-state index in [1.807, 2.05) is 0 Å². The number of nitrogens with zero attached hydrogens (tertiary/aromatic N) is 1. The van der Waals surface area contributed by atoms with Crippen molar-refractivity contribution in [2.75, 3.05) is 0 Å². The number of H-pyrrole nitrogens is 2. The van der Waals surface area contributed by atoms with E-state index in [4.69, 9.17) is 23.2 Å². The molecule has 0 bridgehead atoms. The molecule has 2 heterocycles. The molecule has 2 aromatic heterocycles. The number of fused-ring (bicyclic) bond motifs is 1. The van der Waals surface area contributed by atoms with Gasteiger partial charge in [-0.3, -0.25) is 4.98 Å². The van der Waals surface area contributed by atoms with Crippen LogP contribution in [0.5, 0.6) is 0 Å². The minimum Gasteiger partial charge on any atom is -0.273 e. The minimum absolute atomic E-state index is 0.387. The number of pyridine rings is 1. The molecule has 0 aliphatic heterocycles. The van der Waals surface area contributed by atoms with Crippen molar-refractivity contribution in [3.8, 4) is 0 Å². The van der Waals surface area contributed by atoms with Crippen molar-refractivity contribution >= 4 is 34.4 Å². The Kier molecular flexibility index (Phi) is 1.47. The Labute approximate surface area is 72.4 Å². The molecule has 0 unspecified atom stereocenters. The number of aromatic amines is 2. The second-order valence-electron chi connectivity index (χ2n) is 2.08. The predicted molar refractivity (Wildman–Crippen MR) is 42.7 cm³/mol. The average Bonchev–Trinajstić information content (AvgIpc) is 2.34. The number of halogens is 2. The molecule has 0 aromatic carbocycles. The van der Waals surface area contributed by atoms with Crippen LogP contribution >= 0.6 is 23.2 Å². The van der Waals surface area contributed by atoms with Gasteiger partial charge in [0.05, 0.1) is 5.02 Å². The highest BCUT2D eigenvalue weighted by molar-refractivity contribution is 6.37. The van der Waals surface area contributed by atoms with Gasteiger partial charge in [0.2, 0.25) is 5.15 Å². The zero-order chi connectivity index (χ0) is 7.84. The van der Waals surface area contributed by atoms with E-state index in [-0.39, 0.29) is 0 Å². The molecule has 0 fully saturated rings. The summed E-state index contributed by atoms with van der Waals surface area (Å²) in [5.74, 6) is 0. The second kappa shape index (κ2) is 2.36. The van der Waals surface area contributed by atoms with Crippen LogP contribution in [0.2, 0.25) is 10.2 Å². The predicted octanol–water partition coefficient (Wildman–Crippen LogP) is 1.68. The maximum absolute atomic E-state index is 5.83. The molecule has 2 N–H and O–H groups in total. The van der Waals surface area contributed by atoms with Crippen LogP contribution in [0.1, 0.15) is 0 Å². The van der Waals surface area contributed by atoms with Crippen LogP contribution in [-0.2, 0) is 0 Å². The highest BCUT2D eigenvalue weighted by atomic mass is 35.5. The van der Waals surface area contributed by atoms with Crippen LogP contribution in [0, 0.1) is 0 Å². The molecule has 0 aliphatic carbocycles. The zero-order valence-corrected chi connectivity index (χ0v) is 6.87. The molecule has 2 aromatic rings. The first-order valence-electron chi connectivity index (χ1n) is 2.98. The SMILES string of the molecule is Clc1cc(Cl)c2[nH]c[nH+]c2n1. The van der Waals surface area contributed by atoms with Gasteiger partial charge in [-0.1, -0.05) is 16.6 Å². The van der Waals surface area contributed by atoms with Crippen LogP contribution in [0.25, 0.3) is 11.2 Å². The summed E-state index contributed by atoms with van der Waals surface area (Å²) in [4.78, 5) is 9.76. The molecular weight excluding hydrogens is 185 g/mol. The van der Waals surface area contributed by atoms with E-state index in [1.54, 1.807) is 12.4 Å². The van der Waals surface area contributed by atoms with E-state index < -0.39 is 0 Å². The van der Waals surface area contributed by atoms with Gasteiger partial charge in [0, 0.05) is 6.07 Å². The van der Waals surface area contributed by atoms with Gasteiger partial charge in [0.15, 0.2) is 11.8 Å². The second-order valence-corrected chi connectivity index (χ2v) is 2.88. The first-order valence-corrected chi connectivity index (χ1v) is 3.74. The Morgan fingerprint density at radius 2 is 2.27 bits per heavy atom. The smallest absolute Gasteiger partial charge is 0.273 e. The topological polar surface area (TPSA) is 42.8 Å². The third-order valence-corrected chi connectivity index (χ3v) is 1.86. The van der Waals surface area contributed by atoms with Crippen LogP contribution in [0.3, 0.4) is 0 Å². The molecule has 2 rings (SSSR count). The Bertz CT molecular complexity index is 396. The van der Waals surface area contributed by atoms with Gasteiger partial charge in [-0.15, -0.1) is 0 Å². The molecular formula is C6H4Cl2N3+. The molecule has 0 spiro atoms. The number of hydrogen-bond donors (Lipinski definition) is 1. The zero-order valence-electron chi connectivity index (χ0n) is 5.36. The lowest BCUT2D eigenvalue weighted by molar-refractivity contribution is -0.347. The lowest BCUT2D eigenvalue weighted by atomic mass is 10.4. The van der Waals surface area contributed by atoms with Crippen molar-refractivity contribution in [3.63, 3.8) is 0 Å². The van der Waals surface area contributed by atoms with E-state index in [1.165, 1.54) is 0 Å². The normalized spacial score (nSPS) is 10.7. The van der Waals surface area contributed by atoms with Crippen molar-refractivity contribution in [2.45, 2.75) is 0 Å². The van der Waals surface area contributed by atoms with Gasteiger partial charge in [-0.25, -0.2) is 4.98 Å². The summed E-state index contributed by atoms with van der Waals surface area (Å²) < 4.78 is 0. The fourth-order valence-electron chi connectivity index (χ4n) is 0.903. The number of aromatic nitrogens is 3. The summed E-state index contributed by atoms with van der Waals surface area (Å²) in [6.45, 7) is 0. The third kappa shape index (κ3) is 1.06. The van der Waals surface area contributed by atoms with Crippen molar-refractivity contribution in [2.24, 2.45) is 0 Å². The van der Waals surface area contributed by atoms with E-state index in [0.29, 0.717) is 15.8 Å². The standard InChI is InChI=1S/C6H3Cl2N3/c7-3-1-4(8)11-6-5(3)9-2-10-6/h1-2H,(H,9,10,11)/p+1. The molecule has 0 saturated carbocycles. The van der Waals surface area contributed by atoms with Gasteiger partial charge in [0.1, 0.15) is 0 Å².